The number of benzene rings is 2. The van der Waals surface area contributed by atoms with Gasteiger partial charge in [-0.05, 0) is 56.0 Å². The van der Waals surface area contributed by atoms with Crippen molar-refractivity contribution in [2.24, 2.45) is 0 Å². The second-order valence-electron chi connectivity index (χ2n) is 8.39. The molecule has 172 valence electrons. The number of carbonyl (C=O) groups is 3. The van der Waals surface area contributed by atoms with Gasteiger partial charge in [-0.2, -0.15) is 0 Å². The van der Waals surface area contributed by atoms with Crippen LogP contribution in [0.15, 0.2) is 72.1 Å². The maximum absolute atomic E-state index is 13.1. The summed E-state index contributed by atoms with van der Waals surface area (Å²) in [5.41, 5.74) is 1.25. The second-order valence-corrected chi connectivity index (χ2v) is 9.34. The summed E-state index contributed by atoms with van der Waals surface area (Å²) in [7, 11) is 0. The number of rotatable bonds is 7. The third-order valence-corrected chi connectivity index (χ3v) is 5.29. The summed E-state index contributed by atoms with van der Waals surface area (Å²) >= 11 is 1.35. The fraction of sp³-hybridized carbons (Fsp3) is 0.240. The molecule has 3 N–H and O–H groups in total. The summed E-state index contributed by atoms with van der Waals surface area (Å²) in [6.07, 6.45) is -0.378. The molecule has 0 aliphatic carbocycles. The van der Waals surface area contributed by atoms with Gasteiger partial charge in [0.1, 0.15) is 11.6 Å². The van der Waals surface area contributed by atoms with Gasteiger partial charge in [0.05, 0.1) is 4.88 Å². The van der Waals surface area contributed by atoms with Crippen LogP contribution in [0.5, 0.6) is 0 Å². The molecular weight excluding hydrogens is 438 g/mol. The smallest absolute Gasteiger partial charge is 0.408 e. The highest BCUT2D eigenvalue weighted by atomic mass is 32.1. The van der Waals surface area contributed by atoms with E-state index in [9.17, 15) is 14.4 Å². The van der Waals surface area contributed by atoms with Crippen molar-refractivity contribution in [1.29, 1.82) is 0 Å². The predicted octanol–water partition coefficient (Wildman–Crippen LogP) is 5.07. The Labute approximate surface area is 197 Å². The van der Waals surface area contributed by atoms with Gasteiger partial charge < -0.3 is 20.7 Å². The van der Waals surface area contributed by atoms with E-state index in [2.05, 4.69) is 16.0 Å². The van der Waals surface area contributed by atoms with Crippen LogP contribution in [0.1, 0.15) is 36.0 Å². The van der Waals surface area contributed by atoms with Crippen LogP contribution >= 0.6 is 11.3 Å². The Balaban J connectivity index is 1.71. The van der Waals surface area contributed by atoms with Crippen molar-refractivity contribution >= 4 is 40.6 Å². The largest absolute Gasteiger partial charge is 0.444 e. The third-order valence-electron chi connectivity index (χ3n) is 4.42. The minimum atomic E-state index is -0.855. The molecule has 0 saturated carbocycles. The lowest BCUT2D eigenvalue weighted by molar-refractivity contribution is -0.118. The Morgan fingerprint density at radius 1 is 0.909 bits per heavy atom. The highest BCUT2D eigenvalue weighted by Gasteiger charge is 2.25. The average molecular weight is 466 g/mol. The van der Waals surface area contributed by atoms with E-state index in [-0.39, 0.29) is 5.91 Å². The van der Waals surface area contributed by atoms with E-state index in [0.717, 1.165) is 5.56 Å². The molecule has 0 radical (unpaired) electrons. The van der Waals surface area contributed by atoms with Crippen molar-refractivity contribution in [3.05, 3.63) is 82.6 Å². The van der Waals surface area contributed by atoms with Crippen molar-refractivity contribution in [1.82, 2.24) is 5.32 Å². The lowest BCUT2D eigenvalue weighted by Crippen LogP contribution is -2.47. The Kier molecular flexibility index (Phi) is 7.84. The van der Waals surface area contributed by atoms with Crippen molar-refractivity contribution in [2.75, 3.05) is 10.6 Å². The summed E-state index contributed by atoms with van der Waals surface area (Å²) in [6.45, 7) is 5.28. The lowest BCUT2D eigenvalue weighted by Gasteiger charge is -2.23. The number of thiophene rings is 1. The van der Waals surface area contributed by atoms with Gasteiger partial charge >= 0.3 is 6.09 Å². The summed E-state index contributed by atoms with van der Waals surface area (Å²) < 4.78 is 5.33. The van der Waals surface area contributed by atoms with Crippen LogP contribution in [0.2, 0.25) is 0 Å². The molecule has 3 amide bonds. The highest BCUT2D eigenvalue weighted by molar-refractivity contribution is 7.12. The number of alkyl carbamates (subject to hydrolysis) is 1. The summed E-state index contributed by atoms with van der Waals surface area (Å²) in [6, 6.07) is 18.9. The van der Waals surface area contributed by atoms with E-state index in [1.165, 1.54) is 11.3 Å². The van der Waals surface area contributed by atoms with Gasteiger partial charge in [0.15, 0.2) is 0 Å². The third kappa shape index (κ3) is 7.76. The standard InChI is InChI=1S/C25H27N3O4S/c1-25(2,3)32-24(31)28-20(15-17-9-5-4-6-10-17)22(29)26-18-11-7-12-19(16-18)27-23(30)21-13-8-14-33-21/h4-14,16,20H,15H2,1-3H3,(H,26,29)(H,27,30)(H,28,31). The van der Waals surface area contributed by atoms with Gasteiger partial charge in [-0.3, -0.25) is 9.59 Å². The molecule has 1 heterocycles. The number of amides is 3. The van der Waals surface area contributed by atoms with E-state index < -0.39 is 23.6 Å². The molecule has 0 aliphatic rings. The lowest BCUT2D eigenvalue weighted by atomic mass is 10.1. The fourth-order valence-electron chi connectivity index (χ4n) is 3.01. The SMILES string of the molecule is CC(C)(C)OC(=O)NC(Cc1ccccc1)C(=O)Nc1cccc(NC(=O)c2cccs2)c1. The summed E-state index contributed by atoms with van der Waals surface area (Å²) in [5.74, 6) is -0.617. The zero-order chi connectivity index (χ0) is 23.8. The minimum Gasteiger partial charge on any atom is -0.444 e. The molecule has 0 bridgehead atoms. The molecule has 2 aromatic carbocycles. The van der Waals surface area contributed by atoms with Gasteiger partial charge in [-0.1, -0.05) is 42.5 Å². The molecule has 1 atom stereocenters. The molecule has 0 spiro atoms. The second kappa shape index (κ2) is 10.8. The van der Waals surface area contributed by atoms with Crippen LogP contribution in [0, 0.1) is 0 Å². The number of anilines is 2. The van der Waals surface area contributed by atoms with Gasteiger partial charge in [-0.25, -0.2) is 4.79 Å². The molecule has 3 rings (SSSR count). The summed E-state index contributed by atoms with van der Waals surface area (Å²) in [5, 5.41) is 10.1. The van der Waals surface area contributed by atoms with E-state index >= 15 is 0 Å². The minimum absolute atomic E-state index is 0.220. The van der Waals surface area contributed by atoms with Crippen molar-refractivity contribution in [3.8, 4) is 0 Å². The molecule has 7 nitrogen and oxygen atoms in total. The first kappa shape index (κ1) is 24.0. The topological polar surface area (TPSA) is 96.5 Å². The van der Waals surface area contributed by atoms with Crippen LogP contribution in [0.25, 0.3) is 0 Å². The molecule has 3 aromatic rings. The van der Waals surface area contributed by atoms with Crippen LogP contribution in [-0.4, -0.2) is 29.6 Å². The molecule has 8 heteroatoms. The molecule has 0 saturated heterocycles. The van der Waals surface area contributed by atoms with Crippen LogP contribution in [0.4, 0.5) is 16.2 Å². The maximum atomic E-state index is 13.1. The zero-order valence-electron chi connectivity index (χ0n) is 18.8. The molecular formula is C25H27N3O4S. The zero-order valence-corrected chi connectivity index (χ0v) is 19.6. The van der Waals surface area contributed by atoms with Gasteiger partial charge in [-0.15, -0.1) is 11.3 Å². The van der Waals surface area contributed by atoms with Gasteiger partial charge in [0.2, 0.25) is 5.91 Å². The normalized spacial score (nSPS) is 11.8. The number of ether oxygens (including phenoxy) is 1. The maximum Gasteiger partial charge on any atom is 0.408 e. The first-order valence-electron chi connectivity index (χ1n) is 10.5. The molecule has 1 unspecified atom stereocenters. The first-order chi connectivity index (χ1) is 15.7. The monoisotopic (exact) mass is 465 g/mol. The van der Waals surface area contributed by atoms with Crippen LogP contribution in [-0.2, 0) is 16.0 Å². The van der Waals surface area contributed by atoms with Crippen LogP contribution in [0.3, 0.4) is 0 Å². The van der Waals surface area contributed by atoms with Gasteiger partial charge in [0, 0.05) is 17.8 Å². The fourth-order valence-corrected chi connectivity index (χ4v) is 3.63. The molecule has 0 aliphatic heterocycles. The van der Waals surface area contributed by atoms with E-state index in [0.29, 0.717) is 22.7 Å². The Morgan fingerprint density at radius 2 is 1.61 bits per heavy atom. The van der Waals surface area contributed by atoms with E-state index in [1.54, 1.807) is 57.2 Å². The van der Waals surface area contributed by atoms with Gasteiger partial charge in [0.25, 0.3) is 5.91 Å². The number of hydrogen-bond donors (Lipinski definition) is 3. The Morgan fingerprint density at radius 3 is 2.24 bits per heavy atom. The number of nitrogens with one attached hydrogen (secondary N) is 3. The van der Waals surface area contributed by atoms with E-state index in [4.69, 9.17) is 4.74 Å². The predicted molar refractivity (Wildman–Crippen MR) is 131 cm³/mol. The highest BCUT2D eigenvalue weighted by Crippen LogP contribution is 2.18. The van der Waals surface area contributed by atoms with Crippen molar-refractivity contribution < 1.29 is 19.1 Å². The quantitative estimate of drug-likeness (QED) is 0.454. The molecule has 1 aromatic heterocycles. The van der Waals surface area contributed by atoms with Crippen LogP contribution < -0.4 is 16.0 Å². The number of carbonyl (C=O) groups excluding carboxylic acids is 3. The Hall–Kier alpha value is -3.65. The first-order valence-corrected chi connectivity index (χ1v) is 11.4. The van der Waals surface area contributed by atoms with E-state index in [1.807, 2.05) is 35.7 Å². The Bertz CT molecular complexity index is 1090. The number of hydrogen-bond acceptors (Lipinski definition) is 5. The molecule has 0 fully saturated rings. The summed E-state index contributed by atoms with van der Waals surface area (Å²) in [4.78, 5) is 38.3. The van der Waals surface area contributed by atoms with Crippen molar-refractivity contribution in [2.45, 2.75) is 38.8 Å². The van der Waals surface area contributed by atoms with Crippen molar-refractivity contribution in [3.63, 3.8) is 0 Å². The average Bonchev–Trinajstić information content (AvgIpc) is 3.28. The molecule has 33 heavy (non-hydrogen) atoms.